The highest BCUT2D eigenvalue weighted by atomic mass is 79.9. The molecule has 0 aromatic heterocycles. The molecule has 0 aliphatic carbocycles. The van der Waals surface area contributed by atoms with Gasteiger partial charge in [0.1, 0.15) is 18.3 Å². The molecular weight excluding hydrogens is 522 g/mol. The Labute approximate surface area is 210 Å². The summed E-state index contributed by atoms with van der Waals surface area (Å²) in [6.45, 7) is 3.89. The Hall–Kier alpha value is -2.59. The number of methoxy groups -OCH3 is 1. The van der Waals surface area contributed by atoms with Crippen molar-refractivity contribution in [3.8, 4) is 5.75 Å². The summed E-state index contributed by atoms with van der Waals surface area (Å²) in [5, 5.41) is 2.85. The summed E-state index contributed by atoms with van der Waals surface area (Å²) in [4.78, 5) is 27.7. The second-order valence-electron chi connectivity index (χ2n) is 7.94. The first-order valence-corrected chi connectivity index (χ1v) is 13.6. The van der Waals surface area contributed by atoms with Crippen molar-refractivity contribution in [1.82, 2.24) is 10.2 Å². The number of carbonyl (C=O) groups excluding carboxylic acids is 2. The summed E-state index contributed by atoms with van der Waals surface area (Å²) >= 11 is 3.34. The quantitative estimate of drug-likeness (QED) is 0.405. The number of unbranched alkanes of at least 4 members (excludes halogenated alkanes) is 1. The average Bonchev–Trinajstić information content (AvgIpc) is 2.80. The number of halogens is 1. The van der Waals surface area contributed by atoms with Gasteiger partial charge in [0.25, 0.3) is 0 Å². The standard InChI is InChI=1S/C24H32BrN3O5S/c1-5-6-14-26-24(30)18(2)27(16-19-10-12-22(33-3)13-11-19)23(29)17-28(34(4,31)32)21-9-7-8-20(25)15-21/h7-13,15,18H,5-6,14,16-17H2,1-4H3,(H,26,30)/t18-/m0/s1. The maximum atomic E-state index is 13.5. The highest BCUT2D eigenvalue weighted by Crippen LogP contribution is 2.23. The van der Waals surface area contributed by atoms with Crippen molar-refractivity contribution >= 4 is 43.5 Å². The lowest BCUT2D eigenvalue weighted by atomic mass is 10.1. The molecule has 2 aromatic carbocycles. The van der Waals surface area contributed by atoms with Crippen LogP contribution in [0.3, 0.4) is 0 Å². The third-order valence-electron chi connectivity index (χ3n) is 5.28. The first kappa shape index (κ1) is 27.7. The lowest BCUT2D eigenvalue weighted by Crippen LogP contribution is -2.51. The van der Waals surface area contributed by atoms with Crippen LogP contribution in [0.4, 0.5) is 5.69 Å². The van der Waals surface area contributed by atoms with E-state index in [2.05, 4.69) is 21.2 Å². The molecule has 0 bridgehead atoms. The topological polar surface area (TPSA) is 96.0 Å². The smallest absolute Gasteiger partial charge is 0.244 e. The third kappa shape index (κ3) is 8.02. The number of amides is 2. The molecule has 1 N–H and O–H groups in total. The fraction of sp³-hybridized carbons (Fsp3) is 0.417. The predicted molar refractivity (Wildman–Crippen MR) is 137 cm³/mol. The molecule has 1 atom stereocenters. The first-order valence-electron chi connectivity index (χ1n) is 11.0. The van der Waals surface area contributed by atoms with Crippen molar-refractivity contribution < 1.29 is 22.7 Å². The summed E-state index contributed by atoms with van der Waals surface area (Å²) in [5.41, 5.74) is 1.14. The van der Waals surface area contributed by atoms with E-state index in [9.17, 15) is 18.0 Å². The van der Waals surface area contributed by atoms with Gasteiger partial charge in [0.05, 0.1) is 19.1 Å². The molecule has 34 heavy (non-hydrogen) atoms. The van der Waals surface area contributed by atoms with Crippen LogP contribution in [0.25, 0.3) is 0 Å². The highest BCUT2D eigenvalue weighted by Gasteiger charge is 2.30. The molecule has 0 aliphatic heterocycles. The van der Waals surface area contributed by atoms with Gasteiger partial charge in [0, 0.05) is 17.6 Å². The maximum absolute atomic E-state index is 13.5. The molecule has 0 saturated carbocycles. The van der Waals surface area contributed by atoms with Crippen LogP contribution >= 0.6 is 15.9 Å². The SMILES string of the molecule is CCCCNC(=O)[C@H](C)N(Cc1ccc(OC)cc1)C(=O)CN(c1cccc(Br)c1)S(C)(=O)=O. The van der Waals surface area contributed by atoms with Crippen molar-refractivity contribution in [2.75, 3.05) is 30.8 Å². The van der Waals surface area contributed by atoms with Gasteiger partial charge in [-0.1, -0.05) is 47.5 Å². The largest absolute Gasteiger partial charge is 0.497 e. The number of hydrogen-bond donors (Lipinski definition) is 1. The molecule has 2 aromatic rings. The van der Waals surface area contributed by atoms with Crippen LogP contribution in [0.15, 0.2) is 53.0 Å². The monoisotopic (exact) mass is 553 g/mol. The number of benzene rings is 2. The fourth-order valence-corrected chi connectivity index (χ4v) is 4.52. The van der Waals surface area contributed by atoms with Crippen molar-refractivity contribution in [2.24, 2.45) is 0 Å². The zero-order chi connectivity index (χ0) is 25.3. The van der Waals surface area contributed by atoms with Crippen molar-refractivity contribution in [3.05, 3.63) is 58.6 Å². The number of rotatable bonds is 12. The molecule has 0 radical (unpaired) electrons. The second-order valence-corrected chi connectivity index (χ2v) is 10.8. The van der Waals surface area contributed by atoms with Gasteiger partial charge in [0.2, 0.25) is 21.8 Å². The third-order valence-corrected chi connectivity index (χ3v) is 6.92. The first-order chi connectivity index (χ1) is 16.1. The van der Waals surface area contributed by atoms with Crippen molar-refractivity contribution in [2.45, 2.75) is 39.3 Å². The van der Waals surface area contributed by atoms with Crippen LogP contribution in [-0.2, 0) is 26.2 Å². The lowest BCUT2D eigenvalue weighted by Gasteiger charge is -2.31. The molecular formula is C24H32BrN3O5S. The van der Waals surface area contributed by atoms with Gasteiger partial charge in [-0.25, -0.2) is 8.42 Å². The average molecular weight is 555 g/mol. The number of nitrogens with one attached hydrogen (secondary N) is 1. The van der Waals surface area contributed by atoms with Gasteiger partial charge < -0.3 is 15.0 Å². The van der Waals surface area contributed by atoms with Crippen LogP contribution in [0.2, 0.25) is 0 Å². The summed E-state index contributed by atoms with van der Waals surface area (Å²) in [6, 6.07) is 13.1. The Morgan fingerprint density at radius 2 is 1.82 bits per heavy atom. The molecule has 10 heteroatoms. The Kier molecular flexibility index (Phi) is 10.4. The summed E-state index contributed by atoms with van der Waals surface area (Å²) in [7, 11) is -2.20. The van der Waals surface area contributed by atoms with E-state index in [0.29, 0.717) is 22.5 Å². The molecule has 0 spiro atoms. The number of hydrogen-bond acceptors (Lipinski definition) is 5. The molecule has 0 saturated heterocycles. The Morgan fingerprint density at radius 3 is 2.38 bits per heavy atom. The van der Waals surface area contributed by atoms with Crippen LogP contribution in [0, 0.1) is 0 Å². The van der Waals surface area contributed by atoms with E-state index in [1.54, 1.807) is 50.4 Å². The summed E-state index contributed by atoms with van der Waals surface area (Å²) in [6.07, 6.45) is 2.81. The molecule has 2 amide bonds. The minimum absolute atomic E-state index is 0.140. The van der Waals surface area contributed by atoms with Gasteiger partial charge in [-0.05, 0) is 49.2 Å². The molecule has 0 heterocycles. The van der Waals surface area contributed by atoms with Crippen molar-refractivity contribution in [3.63, 3.8) is 0 Å². The van der Waals surface area contributed by atoms with Crippen LogP contribution < -0.4 is 14.4 Å². The highest BCUT2D eigenvalue weighted by molar-refractivity contribution is 9.10. The van der Waals surface area contributed by atoms with E-state index in [4.69, 9.17) is 4.74 Å². The van der Waals surface area contributed by atoms with Crippen LogP contribution in [-0.4, -0.2) is 57.6 Å². The van der Waals surface area contributed by atoms with Crippen LogP contribution in [0.1, 0.15) is 32.3 Å². The van der Waals surface area contributed by atoms with E-state index >= 15 is 0 Å². The van der Waals surface area contributed by atoms with Gasteiger partial charge in [0.15, 0.2) is 0 Å². The summed E-state index contributed by atoms with van der Waals surface area (Å²) < 4.78 is 32.0. The second kappa shape index (κ2) is 12.8. The predicted octanol–water partition coefficient (Wildman–Crippen LogP) is 3.56. The molecule has 0 unspecified atom stereocenters. The minimum atomic E-state index is -3.76. The Bertz CT molecular complexity index is 1080. The number of carbonyl (C=O) groups is 2. The van der Waals surface area contributed by atoms with E-state index < -0.39 is 28.5 Å². The van der Waals surface area contributed by atoms with E-state index in [1.807, 2.05) is 19.1 Å². The van der Waals surface area contributed by atoms with Crippen LogP contribution in [0.5, 0.6) is 5.75 Å². The van der Waals surface area contributed by atoms with E-state index in [0.717, 1.165) is 29.0 Å². The normalized spacial score (nSPS) is 12.0. The molecule has 8 nitrogen and oxygen atoms in total. The fourth-order valence-electron chi connectivity index (χ4n) is 3.29. The number of nitrogens with zero attached hydrogens (tertiary/aromatic N) is 2. The zero-order valence-corrected chi connectivity index (χ0v) is 22.4. The van der Waals surface area contributed by atoms with E-state index in [-0.39, 0.29) is 12.5 Å². The molecule has 0 fully saturated rings. The number of ether oxygens (including phenoxy) is 1. The molecule has 186 valence electrons. The van der Waals surface area contributed by atoms with Crippen molar-refractivity contribution in [1.29, 1.82) is 0 Å². The lowest BCUT2D eigenvalue weighted by molar-refractivity contribution is -0.139. The van der Waals surface area contributed by atoms with E-state index in [1.165, 1.54) is 4.90 Å². The summed E-state index contributed by atoms with van der Waals surface area (Å²) in [5.74, 6) is -0.104. The number of sulfonamides is 1. The number of anilines is 1. The van der Waals surface area contributed by atoms with Gasteiger partial charge in [-0.15, -0.1) is 0 Å². The van der Waals surface area contributed by atoms with Gasteiger partial charge in [-0.3, -0.25) is 13.9 Å². The minimum Gasteiger partial charge on any atom is -0.497 e. The van der Waals surface area contributed by atoms with Gasteiger partial charge >= 0.3 is 0 Å². The Balaban J connectivity index is 2.34. The maximum Gasteiger partial charge on any atom is 0.244 e. The molecule has 0 aliphatic rings. The zero-order valence-electron chi connectivity index (χ0n) is 20.0. The van der Waals surface area contributed by atoms with Gasteiger partial charge in [-0.2, -0.15) is 0 Å². The Morgan fingerprint density at radius 1 is 1.15 bits per heavy atom. The molecule has 2 rings (SSSR count).